The molecule has 0 aliphatic carbocycles. The number of nitrogens with zero attached hydrogens (tertiary/aromatic N) is 2. The van der Waals surface area contributed by atoms with Gasteiger partial charge in [-0.15, -0.1) is 0 Å². The predicted molar refractivity (Wildman–Crippen MR) is 45.9 cm³/mol. The van der Waals surface area contributed by atoms with Crippen LogP contribution in [0.15, 0.2) is 18.5 Å². The SMILES string of the molecule is CSCCOc1ncccn1. The maximum absolute atomic E-state index is 5.20. The van der Waals surface area contributed by atoms with Gasteiger partial charge in [-0.2, -0.15) is 11.8 Å². The lowest BCUT2D eigenvalue weighted by Crippen LogP contribution is -2.02. The quantitative estimate of drug-likeness (QED) is 0.636. The minimum atomic E-state index is 0.460. The zero-order chi connectivity index (χ0) is 7.94. The number of ether oxygens (including phenoxy) is 1. The zero-order valence-electron chi connectivity index (χ0n) is 6.36. The Morgan fingerprint density at radius 2 is 2.18 bits per heavy atom. The van der Waals surface area contributed by atoms with E-state index < -0.39 is 0 Å². The van der Waals surface area contributed by atoms with E-state index in [1.54, 1.807) is 30.2 Å². The molecule has 1 aromatic rings. The Morgan fingerprint density at radius 3 is 2.82 bits per heavy atom. The molecule has 1 aromatic heterocycles. The molecule has 11 heavy (non-hydrogen) atoms. The Morgan fingerprint density at radius 1 is 1.45 bits per heavy atom. The molecule has 0 aliphatic heterocycles. The lowest BCUT2D eigenvalue weighted by Gasteiger charge is -2.00. The molecule has 0 aromatic carbocycles. The summed E-state index contributed by atoms with van der Waals surface area (Å²) in [5.41, 5.74) is 0. The fourth-order valence-corrected chi connectivity index (χ4v) is 0.826. The van der Waals surface area contributed by atoms with Gasteiger partial charge in [0.25, 0.3) is 0 Å². The van der Waals surface area contributed by atoms with Crippen molar-refractivity contribution in [2.75, 3.05) is 18.6 Å². The van der Waals surface area contributed by atoms with Gasteiger partial charge in [0.1, 0.15) is 6.61 Å². The van der Waals surface area contributed by atoms with Crippen molar-refractivity contribution >= 4 is 11.8 Å². The summed E-state index contributed by atoms with van der Waals surface area (Å²) >= 11 is 1.74. The van der Waals surface area contributed by atoms with Crippen LogP contribution in [0.5, 0.6) is 6.01 Å². The highest BCUT2D eigenvalue weighted by atomic mass is 32.2. The van der Waals surface area contributed by atoms with E-state index in [0.29, 0.717) is 12.6 Å². The van der Waals surface area contributed by atoms with Crippen LogP contribution in [0.1, 0.15) is 0 Å². The number of thioether (sulfide) groups is 1. The van der Waals surface area contributed by atoms with Gasteiger partial charge in [-0.05, 0) is 12.3 Å². The van der Waals surface area contributed by atoms with Crippen molar-refractivity contribution in [1.29, 1.82) is 0 Å². The second-order valence-electron chi connectivity index (χ2n) is 1.87. The minimum Gasteiger partial charge on any atom is -0.463 e. The first-order valence-electron chi connectivity index (χ1n) is 3.32. The Bertz CT molecular complexity index is 193. The van der Waals surface area contributed by atoms with Crippen LogP contribution in [0.4, 0.5) is 0 Å². The van der Waals surface area contributed by atoms with E-state index in [2.05, 4.69) is 9.97 Å². The molecular formula is C7H10N2OS. The average molecular weight is 170 g/mol. The molecule has 0 radical (unpaired) electrons. The summed E-state index contributed by atoms with van der Waals surface area (Å²) in [5.74, 6) is 0.970. The van der Waals surface area contributed by atoms with Crippen molar-refractivity contribution in [3.05, 3.63) is 18.5 Å². The lowest BCUT2D eigenvalue weighted by molar-refractivity contribution is 0.316. The minimum absolute atomic E-state index is 0.460. The summed E-state index contributed by atoms with van der Waals surface area (Å²) < 4.78 is 5.20. The highest BCUT2D eigenvalue weighted by Crippen LogP contribution is 1.98. The largest absolute Gasteiger partial charge is 0.463 e. The van der Waals surface area contributed by atoms with Crippen molar-refractivity contribution < 1.29 is 4.74 Å². The third kappa shape index (κ3) is 3.23. The molecule has 1 rings (SSSR count). The number of rotatable bonds is 4. The first-order chi connectivity index (χ1) is 5.43. The summed E-state index contributed by atoms with van der Waals surface area (Å²) in [7, 11) is 0. The molecule has 0 fully saturated rings. The molecule has 60 valence electrons. The van der Waals surface area contributed by atoms with Crippen LogP contribution in [0.3, 0.4) is 0 Å². The number of hydrogen-bond acceptors (Lipinski definition) is 4. The average Bonchev–Trinajstić information content (AvgIpc) is 2.07. The predicted octanol–water partition coefficient (Wildman–Crippen LogP) is 1.22. The summed E-state index contributed by atoms with van der Waals surface area (Å²) in [5, 5.41) is 0. The Kier molecular flexibility index (Phi) is 3.75. The van der Waals surface area contributed by atoms with Gasteiger partial charge in [0, 0.05) is 18.1 Å². The van der Waals surface area contributed by atoms with Gasteiger partial charge in [0.15, 0.2) is 0 Å². The molecule has 0 aliphatic rings. The molecule has 3 nitrogen and oxygen atoms in total. The van der Waals surface area contributed by atoms with E-state index in [4.69, 9.17) is 4.74 Å². The van der Waals surface area contributed by atoms with Gasteiger partial charge in [-0.3, -0.25) is 0 Å². The van der Waals surface area contributed by atoms with Gasteiger partial charge in [0.05, 0.1) is 0 Å². The monoisotopic (exact) mass is 170 g/mol. The maximum atomic E-state index is 5.20. The second-order valence-corrected chi connectivity index (χ2v) is 2.86. The molecule has 0 atom stereocenters. The fourth-order valence-electron chi connectivity index (χ4n) is 0.576. The Labute approximate surface area is 70.2 Å². The summed E-state index contributed by atoms with van der Waals surface area (Å²) in [6.07, 6.45) is 5.37. The first kappa shape index (κ1) is 8.33. The highest BCUT2D eigenvalue weighted by molar-refractivity contribution is 7.98. The Hall–Kier alpha value is -0.770. The van der Waals surface area contributed by atoms with Crippen molar-refractivity contribution in [2.45, 2.75) is 0 Å². The van der Waals surface area contributed by atoms with Crippen molar-refractivity contribution in [2.24, 2.45) is 0 Å². The Balaban J connectivity index is 2.28. The van der Waals surface area contributed by atoms with E-state index in [0.717, 1.165) is 5.75 Å². The van der Waals surface area contributed by atoms with Crippen LogP contribution in [0, 0.1) is 0 Å². The van der Waals surface area contributed by atoms with Gasteiger partial charge in [0.2, 0.25) is 0 Å². The topological polar surface area (TPSA) is 35.0 Å². The number of aromatic nitrogens is 2. The van der Waals surface area contributed by atoms with E-state index >= 15 is 0 Å². The standard InChI is InChI=1S/C7H10N2OS/c1-11-6-5-10-7-8-3-2-4-9-7/h2-4H,5-6H2,1H3. The zero-order valence-corrected chi connectivity index (χ0v) is 7.17. The first-order valence-corrected chi connectivity index (χ1v) is 4.71. The molecule has 0 bridgehead atoms. The molecule has 0 amide bonds. The summed E-state index contributed by atoms with van der Waals surface area (Å²) in [4.78, 5) is 7.82. The highest BCUT2D eigenvalue weighted by Gasteiger charge is 1.91. The number of hydrogen-bond donors (Lipinski definition) is 0. The molecule has 0 saturated carbocycles. The molecule has 0 spiro atoms. The summed E-state index contributed by atoms with van der Waals surface area (Å²) in [6.45, 7) is 0.672. The lowest BCUT2D eigenvalue weighted by atomic mass is 10.7. The van der Waals surface area contributed by atoms with E-state index in [1.807, 2.05) is 6.26 Å². The van der Waals surface area contributed by atoms with Crippen molar-refractivity contribution in [3.8, 4) is 6.01 Å². The van der Waals surface area contributed by atoms with Gasteiger partial charge in [-0.25, -0.2) is 9.97 Å². The van der Waals surface area contributed by atoms with Crippen LogP contribution in [-0.2, 0) is 0 Å². The van der Waals surface area contributed by atoms with Gasteiger partial charge in [-0.1, -0.05) is 0 Å². The normalized spacial score (nSPS) is 9.55. The second kappa shape index (κ2) is 4.96. The van der Waals surface area contributed by atoms with Gasteiger partial charge < -0.3 is 4.74 Å². The molecule has 0 unspecified atom stereocenters. The third-order valence-electron chi connectivity index (χ3n) is 1.06. The smallest absolute Gasteiger partial charge is 0.316 e. The van der Waals surface area contributed by atoms with Crippen molar-refractivity contribution in [1.82, 2.24) is 9.97 Å². The maximum Gasteiger partial charge on any atom is 0.316 e. The van der Waals surface area contributed by atoms with E-state index in [-0.39, 0.29) is 0 Å². The van der Waals surface area contributed by atoms with Gasteiger partial charge >= 0.3 is 6.01 Å². The molecule has 1 heterocycles. The molecule has 4 heteroatoms. The fraction of sp³-hybridized carbons (Fsp3) is 0.429. The molecule has 0 saturated heterocycles. The summed E-state index contributed by atoms with van der Waals surface area (Å²) in [6, 6.07) is 2.23. The molecular weight excluding hydrogens is 160 g/mol. The van der Waals surface area contributed by atoms with E-state index in [1.165, 1.54) is 0 Å². The van der Waals surface area contributed by atoms with Crippen molar-refractivity contribution in [3.63, 3.8) is 0 Å². The van der Waals surface area contributed by atoms with E-state index in [9.17, 15) is 0 Å². The van der Waals surface area contributed by atoms with Crippen LogP contribution < -0.4 is 4.74 Å². The van der Waals surface area contributed by atoms with Crippen LogP contribution in [-0.4, -0.2) is 28.6 Å². The van der Waals surface area contributed by atoms with Crippen LogP contribution in [0.25, 0.3) is 0 Å². The third-order valence-corrected chi connectivity index (χ3v) is 1.64. The van der Waals surface area contributed by atoms with Crippen LogP contribution in [0.2, 0.25) is 0 Å². The molecule has 0 N–H and O–H groups in total. The van der Waals surface area contributed by atoms with Crippen LogP contribution >= 0.6 is 11.8 Å².